The van der Waals surface area contributed by atoms with Crippen molar-refractivity contribution in [2.24, 2.45) is 0 Å². The lowest BCUT2D eigenvalue weighted by molar-refractivity contribution is 0.260. The van der Waals surface area contributed by atoms with Gasteiger partial charge in [-0.3, -0.25) is 0 Å². The Bertz CT molecular complexity index is 782. The van der Waals surface area contributed by atoms with Gasteiger partial charge in [-0.05, 0) is 37.5 Å². The van der Waals surface area contributed by atoms with Gasteiger partial charge in [-0.25, -0.2) is 8.42 Å². The van der Waals surface area contributed by atoms with Crippen molar-refractivity contribution in [2.75, 3.05) is 20.4 Å². The van der Waals surface area contributed by atoms with Gasteiger partial charge in [0.15, 0.2) is 9.84 Å². The second-order valence-electron chi connectivity index (χ2n) is 6.85. The molecule has 0 amide bonds. The van der Waals surface area contributed by atoms with Crippen LogP contribution in [-0.4, -0.2) is 51.8 Å². The fourth-order valence-electron chi connectivity index (χ4n) is 3.24. The molecule has 0 radical (unpaired) electrons. The molecule has 142 valence electrons. The van der Waals surface area contributed by atoms with Crippen LogP contribution in [0.15, 0.2) is 29.2 Å². The maximum absolute atomic E-state index is 12.9. The molecule has 0 unspecified atom stereocenters. The van der Waals surface area contributed by atoms with Gasteiger partial charge in [0.05, 0.1) is 4.90 Å². The summed E-state index contributed by atoms with van der Waals surface area (Å²) in [5.41, 5.74) is 0.760. The van der Waals surface area contributed by atoms with E-state index in [2.05, 4.69) is 0 Å². The van der Waals surface area contributed by atoms with Gasteiger partial charge in [-0.2, -0.15) is 17.0 Å². The average Bonchev–Trinajstić information content (AvgIpc) is 2.59. The molecule has 1 aliphatic carbocycles. The summed E-state index contributed by atoms with van der Waals surface area (Å²) < 4.78 is 51.8. The van der Waals surface area contributed by atoms with E-state index in [0.29, 0.717) is 0 Å². The van der Waals surface area contributed by atoms with Crippen LogP contribution in [0.5, 0.6) is 0 Å². The van der Waals surface area contributed by atoms with E-state index in [1.165, 1.54) is 27.2 Å². The molecule has 0 bridgehead atoms. The number of hydrogen-bond donors (Lipinski definition) is 0. The molecule has 0 aliphatic heterocycles. The van der Waals surface area contributed by atoms with Gasteiger partial charge >= 0.3 is 0 Å². The first-order valence-electron chi connectivity index (χ1n) is 8.56. The molecule has 0 N–H and O–H groups in total. The first-order valence-corrected chi connectivity index (χ1v) is 11.8. The van der Waals surface area contributed by atoms with Crippen molar-refractivity contribution >= 4 is 20.0 Å². The predicted molar refractivity (Wildman–Crippen MR) is 99.3 cm³/mol. The minimum absolute atomic E-state index is 0.0565. The largest absolute Gasteiger partial charge is 0.282 e. The lowest BCUT2D eigenvalue weighted by Gasteiger charge is -2.35. The highest BCUT2D eigenvalue weighted by Crippen LogP contribution is 2.28. The van der Waals surface area contributed by atoms with Crippen LogP contribution in [0.2, 0.25) is 0 Å². The van der Waals surface area contributed by atoms with Crippen LogP contribution in [0.4, 0.5) is 0 Å². The van der Waals surface area contributed by atoms with Crippen molar-refractivity contribution in [2.45, 2.75) is 56.0 Å². The van der Waals surface area contributed by atoms with E-state index >= 15 is 0 Å². The van der Waals surface area contributed by atoms with E-state index in [-0.39, 0.29) is 17.0 Å². The molecule has 1 aromatic carbocycles. The molecule has 0 spiro atoms. The van der Waals surface area contributed by atoms with Crippen molar-refractivity contribution in [3.05, 3.63) is 29.8 Å². The standard InChI is InChI=1S/C17H28N2O4S2/c1-14(15-10-12-17(13-11-15)24(4,20)21)18(2)25(22,23)19(3)16-8-6-5-7-9-16/h10-14,16H,5-9H2,1-4H3/t14-/m0/s1. The zero-order chi connectivity index (χ0) is 18.8. The normalized spacial score (nSPS) is 18.6. The summed E-state index contributed by atoms with van der Waals surface area (Å²) in [4.78, 5) is 0.230. The van der Waals surface area contributed by atoms with E-state index < -0.39 is 20.0 Å². The fraction of sp³-hybridized carbons (Fsp3) is 0.647. The van der Waals surface area contributed by atoms with Crippen molar-refractivity contribution in [3.63, 3.8) is 0 Å². The third kappa shape index (κ3) is 4.61. The van der Waals surface area contributed by atoms with Crippen LogP contribution in [-0.2, 0) is 20.0 Å². The maximum atomic E-state index is 12.9. The molecule has 2 rings (SSSR count). The first-order chi connectivity index (χ1) is 11.5. The molecule has 0 aromatic heterocycles. The van der Waals surface area contributed by atoms with Gasteiger partial charge < -0.3 is 0 Å². The summed E-state index contributed by atoms with van der Waals surface area (Å²) in [6.07, 6.45) is 6.26. The molecule has 8 heteroatoms. The molecule has 1 saturated carbocycles. The van der Waals surface area contributed by atoms with Gasteiger partial charge in [0.25, 0.3) is 10.2 Å². The Labute approximate surface area is 151 Å². The number of rotatable bonds is 6. The Kier molecular flexibility index (Phi) is 6.30. The van der Waals surface area contributed by atoms with Crippen molar-refractivity contribution < 1.29 is 16.8 Å². The summed E-state index contributed by atoms with van der Waals surface area (Å²) >= 11 is 0. The monoisotopic (exact) mass is 388 g/mol. The van der Waals surface area contributed by atoms with Crippen LogP contribution < -0.4 is 0 Å². The van der Waals surface area contributed by atoms with Crippen LogP contribution in [0.1, 0.15) is 50.6 Å². The zero-order valence-corrected chi connectivity index (χ0v) is 17.0. The molecular weight excluding hydrogens is 360 g/mol. The van der Waals surface area contributed by atoms with E-state index in [9.17, 15) is 16.8 Å². The lowest BCUT2D eigenvalue weighted by Crippen LogP contribution is -2.46. The smallest absolute Gasteiger partial charge is 0.224 e. The Morgan fingerprint density at radius 1 is 0.960 bits per heavy atom. The number of nitrogens with zero attached hydrogens (tertiary/aromatic N) is 2. The number of benzene rings is 1. The zero-order valence-electron chi connectivity index (χ0n) is 15.3. The molecule has 0 heterocycles. The first kappa shape index (κ1) is 20.4. The van der Waals surface area contributed by atoms with Crippen LogP contribution in [0.25, 0.3) is 0 Å². The Morgan fingerprint density at radius 3 is 1.96 bits per heavy atom. The molecule has 1 aliphatic rings. The topological polar surface area (TPSA) is 74.8 Å². The highest BCUT2D eigenvalue weighted by atomic mass is 32.2. The summed E-state index contributed by atoms with van der Waals surface area (Å²) in [5.74, 6) is 0. The molecule has 1 fully saturated rings. The highest BCUT2D eigenvalue weighted by molar-refractivity contribution is 7.90. The maximum Gasteiger partial charge on any atom is 0.282 e. The molecule has 1 aromatic rings. The van der Waals surface area contributed by atoms with Crippen LogP contribution >= 0.6 is 0 Å². The third-order valence-electron chi connectivity index (χ3n) is 5.15. The minimum atomic E-state index is -3.58. The van der Waals surface area contributed by atoms with Gasteiger partial charge in [0.2, 0.25) is 0 Å². The summed E-state index contributed by atoms with van der Waals surface area (Å²) in [7, 11) is -3.61. The van der Waals surface area contributed by atoms with Crippen molar-refractivity contribution in [3.8, 4) is 0 Å². The van der Waals surface area contributed by atoms with E-state index in [0.717, 1.165) is 37.5 Å². The van der Waals surface area contributed by atoms with Gasteiger partial charge in [-0.15, -0.1) is 0 Å². The molecule has 1 atom stereocenters. The minimum Gasteiger partial charge on any atom is -0.224 e. The Balaban J connectivity index is 2.18. The predicted octanol–water partition coefficient (Wildman–Crippen LogP) is 2.59. The molecule has 6 nitrogen and oxygen atoms in total. The summed E-state index contributed by atoms with van der Waals surface area (Å²) in [6, 6.07) is 6.06. The molecule has 0 saturated heterocycles. The second kappa shape index (κ2) is 7.73. The van der Waals surface area contributed by atoms with Gasteiger partial charge in [-0.1, -0.05) is 31.4 Å². The highest BCUT2D eigenvalue weighted by Gasteiger charge is 2.33. The lowest BCUT2D eigenvalue weighted by atomic mass is 9.96. The Morgan fingerprint density at radius 2 is 1.48 bits per heavy atom. The van der Waals surface area contributed by atoms with Crippen molar-refractivity contribution in [1.82, 2.24) is 8.61 Å². The van der Waals surface area contributed by atoms with Crippen molar-refractivity contribution in [1.29, 1.82) is 0 Å². The number of sulfone groups is 1. The average molecular weight is 389 g/mol. The fourth-order valence-corrected chi connectivity index (χ4v) is 5.39. The van der Waals surface area contributed by atoms with E-state index in [1.807, 2.05) is 6.92 Å². The quantitative estimate of drug-likeness (QED) is 0.751. The Hall–Kier alpha value is -0.960. The van der Waals surface area contributed by atoms with Gasteiger partial charge in [0, 0.05) is 32.4 Å². The SMILES string of the molecule is C[C@@H](c1ccc(S(C)(=O)=O)cc1)N(C)S(=O)(=O)N(C)C1CCCCC1. The molecule has 25 heavy (non-hydrogen) atoms. The van der Waals surface area contributed by atoms with E-state index in [4.69, 9.17) is 0 Å². The van der Waals surface area contributed by atoms with Gasteiger partial charge in [0.1, 0.15) is 0 Å². The van der Waals surface area contributed by atoms with Crippen LogP contribution in [0, 0.1) is 0 Å². The second-order valence-corrected chi connectivity index (χ2v) is 10.9. The van der Waals surface area contributed by atoms with Crippen LogP contribution in [0.3, 0.4) is 0 Å². The summed E-state index contributed by atoms with van der Waals surface area (Å²) in [5, 5.41) is 0. The number of hydrogen-bond acceptors (Lipinski definition) is 4. The van der Waals surface area contributed by atoms with E-state index in [1.54, 1.807) is 26.2 Å². The summed E-state index contributed by atoms with van der Waals surface area (Å²) in [6.45, 7) is 1.81. The molecular formula is C17H28N2O4S2. The third-order valence-corrected chi connectivity index (χ3v) is 8.35.